The number of piperidine rings is 2. The molecule has 4 nitrogen and oxygen atoms in total. The third kappa shape index (κ3) is 4.46. The predicted molar refractivity (Wildman–Crippen MR) is 77.6 cm³/mol. The predicted octanol–water partition coefficient (Wildman–Crippen LogP) is 2.06. The Labute approximate surface area is 117 Å². The smallest absolute Gasteiger partial charge is 0.234 e. The molecule has 2 unspecified atom stereocenters. The Kier molecular flexibility index (Phi) is 5.64. The molecule has 2 saturated heterocycles. The van der Waals surface area contributed by atoms with Crippen LogP contribution in [0.15, 0.2) is 0 Å². The molecule has 0 saturated carbocycles. The van der Waals surface area contributed by atoms with Crippen LogP contribution in [0.4, 0.5) is 0 Å². The van der Waals surface area contributed by atoms with Crippen LogP contribution in [0, 0.1) is 5.92 Å². The van der Waals surface area contributed by atoms with Gasteiger partial charge in [0.05, 0.1) is 0 Å². The van der Waals surface area contributed by atoms with E-state index in [-0.39, 0.29) is 5.91 Å². The lowest BCUT2D eigenvalue weighted by atomic mass is 9.93. The molecule has 2 atom stereocenters. The summed E-state index contributed by atoms with van der Waals surface area (Å²) in [5.74, 6) is 0.947. The van der Waals surface area contributed by atoms with E-state index in [0.29, 0.717) is 18.5 Å². The first-order valence-corrected chi connectivity index (χ1v) is 7.95. The number of carbonyl (C=O) groups excluding carboxylic acids is 1. The van der Waals surface area contributed by atoms with Crippen molar-refractivity contribution in [2.45, 2.75) is 70.9 Å². The summed E-state index contributed by atoms with van der Waals surface area (Å²) in [6.45, 7) is 6.66. The van der Waals surface area contributed by atoms with Crippen LogP contribution >= 0.6 is 0 Å². The molecule has 0 radical (unpaired) electrons. The average molecular weight is 267 g/mol. The van der Waals surface area contributed by atoms with E-state index in [2.05, 4.69) is 29.6 Å². The molecule has 2 rings (SSSR count). The van der Waals surface area contributed by atoms with Gasteiger partial charge in [-0.15, -0.1) is 0 Å². The monoisotopic (exact) mass is 267 g/mol. The molecule has 0 aromatic carbocycles. The summed E-state index contributed by atoms with van der Waals surface area (Å²) in [7, 11) is 0. The van der Waals surface area contributed by atoms with Gasteiger partial charge < -0.3 is 5.32 Å². The first-order chi connectivity index (χ1) is 9.16. The Morgan fingerprint density at radius 1 is 1.16 bits per heavy atom. The van der Waals surface area contributed by atoms with Gasteiger partial charge >= 0.3 is 0 Å². The van der Waals surface area contributed by atoms with Crippen LogP contribution in [0.5, 0.6) is 0 Å². The van der Waals surface area contributed by atoms with Crippen LogP contribution < -0.4 is 10.7 Å². The largest absolute Gasteiger partial charge is 0.317 e. The molecule has 2 aliphatic heterocycles. The van der Waals surface area contributed by atoms with Gasteiger partial charge in [0, 0.05) is 18.5 Å². The third-order valence-electron chi connectivity index (χ3n) is 4.69. The highest BCUT2D eigenvalue weighted by molar-refractivity contribution is 5.75. The normalized spacial score (nSPS) is 30.2. The molecule has 2 N–H and O–H groups in total. The van der Waals surface area contributed by atoms with Crippen LogP contribution in [0.25, 0.3) is 0 Å². The summed E-state index contributed by atoms with van der Waals surface area (Å²) in [4.78, 5) is 12.1. The minimum Gasteiger partial charge on any atom is -0.317 e. The molecule has 0 aromatic rings. The number of hydrogen-bond acceptors (Lipinski definition) is 3. The van der Waals surface area contributed by atoms with E-state index in [9.17, 15) is 4.79 Å². The highest BCUT2D eigenvalue weighted by Gasteiger charge is 2.26. The van der Waals surface area contributed by atoms with E-state index < -0.39 is 0 Å². The zero-order chi connectivity index (χ0) is 13.7. The standard InChI is InChI=1S/C15H29N3O/c1-12-4-3-5-13(2)18(12)17-15(19)7-6-14-8-10-16-11-9-14/h12-14,16H,3-11H2,1-2H3,(H,17,19). The summed E-state index contributed by atoms with van der Waals surface area (Å²) in [6, 6.07) is 0.957. The molecule has 0 bridgehead atoms. The van der Waals surface area contributed by atoms with Gasteiger partial charge in [0.1, 0.15) is 0 Å². The molecule has 0 aliphatic carbocycles. The lowest BCUT2D eigenvalue weighted by Crippen LogP contribution is -2.54. The number of hydrogen-bond donors (Lipinski definition) is 2. The van der Waals surface area contributed by atoms with Gasteiger partial charge in [-0.2, -0.15) is 0 Å². The maximum absolute atomic E-state index is 12.1. The number of carbonyl (C=O) groups is 1. The Hall–Kier alpha value is -0.610. The third-order valence-corrected chi connectivity index (χ3v) is 4.69. The second-order valence-corrected chi connectivity index (χ2v) is 6.30. The maximum Gasteiger partial charge on any atom is 0.234 e. The van der Waals surface area contributed by atoms with Crippen LogP contribution in [0.1, 0.15) is 58.8 Å². The molecule has 2 heterocycles. The van der Waals surface area contributed by atoms with Crippen molar-refractivity contribution in [3.8, 4) is 0 Å². The lowest BCUT2D eigenvalue weighted by Gasteiger charge is -2.38. The highest BCUT2D eigenvalue weighted by atomic mass is 16.2. The van der Waals surface area contributed by atoms with Crippen LogP contribution in [-0.4, -0.2) is 36.1 Å². The first-order valence-electron chi connectivity index (χ1n) is 7.95. The van der Waals surface area contributed by atoms with Crippen molar-refractivity contribution in [3.05, 3.63) is 0 Å². The minimum atomic E-state index is 0.208. The van der Waals surface area contributed by atoms with E-state index in [1.165, 1.54) is 32.1 Å². The molecule has 0 spiro atoms. The number of nitrogens with zero attached hydrogens (tertiary/aromatic N) is 1. The second kappa shape index (κ2) is 7.25. The van der Waals surface area contributed by atoms with Crippen molar-refractivity contribution in [2.75, 3.05) is 13.1 Å². The molecule has 110 valence electrons. The topological polar surface area (TPSA) is 44.4 Å². The zero-order valence-corrected chi connectivity index (χ0v) is 12.5. The van der Waals surface area contributed by atoms with Gasteiger partial charge in [-0.1, -0.05) is 6.42 Å². The van der Waals surface area contributed by atoms with Crippen molar-refractivity contribution in [2.24, 2.45) is 5.92 Å². The first kappa shape index (κ1) is 14.8. The second-order valence-electron chi connectivity index (χ2n) is 6.30. The van der Waals surface area contributed by atoms with Crippen molar-refractivity contribution in [1.82, 2.24) is 15.8 Å². The molecule has 19 heavy (non-hydrogen) atoms. The number of hydrazine groups is 1. The summed E-state index contributed by atoms with van der Waals surface area (Å²) < 4.78 is 0. The fourth-order valence-corrected chi connectivity index (χ4v) is 3.35. The quantitative estimate of drug-likeness (QED) is 0.819. The fraction of sp³-hybridized carbons (Fsp3) is 0.933. The maximum atomic E-state index is 12.1. The average Bonchev–Trinajstić information content (AvgIpc) is 2.42. The molecular weight excluding hydrogens is 238 g/mol. The van der Waals surface area contributed by atoms with Gasteiger partial charge in [-0.3, -0.25) is 10.2 Å². The van der Waals surface area contributed by atoms with Crippen LogP contribution in [0.3, 0.4) is 0 Å². The van der Waals surface area contributed by atoms with E-state index in [1.54, 1.807) is 0 Å². The van der Waals surface area contributed by atoms with Crippen LogP contribution in [-0.2, 0) is 4.79 Å². The Morgan fingerprint density at radius 3 is 2.42 bits per heavy atom. The zero-order valence-electron chi connectivity index (χ0n) is 12.5. The van der Waals surface area contributed by atoms with Gasteiger partial charge in [0.15, 0.2) is 0 Å². The summed E-state index contributed by atoms with van der Waals surface area (Å²) in [6.07, 6.45) is 7.85. The Bertz CT molecular complexity index is 279. The van der Waals surface area contributed by atoms with Crippen LogP contribution in [0.2, 0.25) is 0 Å². The molecule has 0 aromatic heterocycles. The van der Waals surface area contributed by atoms with Gasteiger partial charge in [-0.05, 0) is 65.0 Å². The van der Waals surface area contributed by atoms with E-state index >= 15 is 0 Å². The van der Waals surface area contributed by atoms with Gasteiger partial charge in [-0.25, -0.2) is 5.01 Å². The fourth-order valence-electron chi connectivity index (χ4n) is 3.35. The molecule has 4 heteroatoms. The summed E-state index contributed by atoms with van der Waals surface area (Å²) in [5, 5.41) is 5.55. The van der Waals surface area contributed by atoms with Crippen molar-refractivity contribution >= 4 is 5.91 Å². The molecule has 2 aliphatic rings. The van der Waals surface area contributed by atoms with Crippen molar-refractivity contribution in [1.29, 1.82) is 0 Å². The molecule has 2 fully saturated rings. The van der Waals surface area contributed by atoms with E-state index in [4.69, 9.17) is 0 Å². The summed E-state index contributed by atoms with van der Waals surface area (Å²) >= 11 is 0. The van der Waals surface area contributed by atoms with E-state index in [0.717, 1.165) is 25.4 Å². The number of amides is 1. The van der Waals surface area contributed by atoms with Crippen molar-refractivity contribution in [3.63, 3.8) is 0 Å². The highest BCUT2D eigenvalue weighted by Crippen LogP contribution is 2.21. The number of nitrogens with one attached hydrogen (secondary N) is 2. The minimum absolute atomic E-state index is 0.208. The van der Waals surface area contributed by atoms with Gasteiger partial charge in [0.2, 0.25) is 5.91 Å². The lowest BCUT2D eigenvalue weighted by molar-refractivity contribution is -0.129. The Morgan fingerprint density at radius 2 is 1.79 bits per heavy atom. The van der Waals surface area contributed by atoms with Crippen molar-refractivity contribution < 1.29 is 4.79 Å². The molecular formula is C15H29N3O. The SMILES string of the molecule is CC1CCCC(C)N1NC(=O)CCC1CCNCC1. The number of rotatable bonds is 4. The Balaban J connectivity index is 1.70. The molecule has 1 amide bonds. The van der Waals surface area contributed by atoms with Gasteiger partial charge in [0.25, 0.3) is 0 Å². The summed E-state index contributed by atoms with van der Waals surface area (Å²) in [5.41, 5.74) is 3.14. The van der Waals surface area contributed by atoms with E-state index in [1.807, 2.05) is 0 Å².